The Morgan fingerprint density at radius 1 is 1.17 bits per heavy atom. The van der Waals surface area contributed by atoms with Crippen LogP contribution in [-0.4, -0.2) is 17.0 Å². The van der Waals surface area contributed by atoms with Crippen molar-refractivity contribution in [3.8, 4) is 0 Å². The highest BCUT2D eigenvalue weighted by Crippen LogP contribution is 2.34. The molecule has 1 aliphatic heterocycles. The molecule has 0 amide bonds. The zero-order valence-electron chi connectivity index (χ0n) is 10.2. The van der Waals surface area contributed by atoms with Crippen LogP contribution in [0.1, 0.15) is 25.7 Å². The second kappa shape index (κ2) is 5.54. The summed E-state index contributed by atoms with van der Waals surface area (Å²) >= 11 is 7.74. The van der Waals surface area contributed by atoms with Gasteiger partial charge in [-0.25, -0.2) is 0 Å². The van der Waals surface area contributed by atoms with Gasteiger partial charge >= 0.3 is 0 Å². The van der Waals surface area contributed by atoms with Crippen molar-refractivity contribution >= 4 is 34.2 Å². The minimum Gasteiger partial charge on any atom is -0.335 e. The Labute approximate surface area is 117 Å². The summed E-state index contributed by atoms with van der Waals surface area (Å²) in [6.07, 6.45) is 5.34. The van der Waals surface area contributed by atoms with Gasteiger partial charge in [0.1, 0.15) is 0 Å². The fourth-order valence-corrected chi connectivity index (χ4v) is 3.94. The molecule has 0 aromatic heterocycles. The Morgan fingerprint density at radius 3 is 2.78 bits per heavy atom. The summed E-state index contributed by atoms with van der Waals surface area (Å²) in [4.78, 5) is 4.86. The van der Waals surface area contributed by atoms with E-state index in [2.05, 4.69) is 5.32 Å². The summed E-state index contributed by atoms with van der Waals surface area (Å²) in [6.45, 7) is 0. The van der Waals surface area contributed by atoms with Crippen molar-refractivity contribution < 1.29 is 0 Å². The molecule has 0 radical (unpaired) electrons. The molecule has 4 heteroatoms. The molecule has 2 atom stereocenters. The maximum atomic E-state index is 5.88. The average Bonchev–Trinajstić information content (AvgIpc) is 2.41. The van der Waals surface area contributed by atoms with E-state index in [-0.39, 0.29) is 0 Å². The highest BCUT2D eigenvalue weighted by molar-refractivity contribution is 8.14. The third-order valence-corrected chi connectivity index (χ3v) is 5.01. The Morgan fingerprint density at radius 2 is 1.94 bits per heavy atom. The van der Waals surface area contributed by atoms with Crippen LogP contribution in [0.25, 0.3) is 0 Å². The molecule has 1 aromatic carbocycles. The number of benzene rings is 1. The number of rotatable bonds is 1. The average molecular weight is 281 g/mol. The number of hydrogen-bond donors (Lipinski definition) is 1. The maximum absolute atomic E-state index is 5.88. The van der Waals surface area contributed by atoms with Crippen LogP contribution in [0.3, 0.4) is 0 Å². The highest BCUT2D eigenvalue weighted by Gasteiger charge is 2.28. The van der Waals surface area contributed by atoms with Gasteiger partial charge < -0.3 is 5.32 Å². The minimum atomic E-state index is 0.551. The largest absolute Gasteiger partial charge is 0.335 e. The van der Waals surface area contributed by atoms with Gasteiger partial charge in [0.05, 0.1) is 6.04 Å². The number of nitrogens with one attached hydrogen (secondary N) is 1. The predicted octanol–water partition coefficient (Wildman–Crippen LogP) is 4.41. The lowest BCUT2D eigenvalue weighted by molar-refractivity contribution is 0.336. The van der Waals surface area contributed by atoms with Crippen molar-refractivity contribution in [1.82, 2.24) is 0 Å². The quantitative estimate of drug-likeness (QED) is 0.824. The lowest BCUT2D eigenvalue weighted by atomic mass is 9.86. The topological polar surface area (TPSA) is 24.4 Å². The van der Waals surface area contributed by atoms with Crippen LogP contribution in [0.2, 0.25) is 5.02 Å². The molecule has 1 heterocycles. The zero-order chi connectivity index (χ0) is 12.4. The SMILES string of the molecule is Clc1ccc(NC2=NC3CCCCC3CS2)cc1. The van der Waals surface area contributed by atoms with Crippen LogP contribution >= 0.6 is 23.4 Å². The molecular weight excluding hydrogens is 264 g/mol. The lowest BCUT2D eigenvalue weighted by Crippen LogP contribution is -2.31. The fraction of sp³-hybridized carbons (Fsp3) is 0.500. The van der Waals surface area contributed by atoms with Crippen molar-refractivity contribution in [1.29, 1.82) is 0 Å². The molecule has 96 valence electrons. The van der Waals surface area contributed by atoms with E-state index in [1.54, 1.807) is 0 Å². The van der Waals surface area contributed by atoms with Gasteiger partial charge in [0.25, 0.3) is 0 Å². The van der Waals surface area contributed by atoms with Crippen LogP contribution in [0, 0.1) is 5.92 Å². The van der Waals surface area contributed by atoms with Gasteiger partial charge in [-0.3, -0.25) is 4.99 Å². The summed E-state index contributed by atoms with van der Waals surface area (Å²) in [5.41, 5.74) is 1.07. The second-order valence-corrected chi connectivity index (χ2v) is 6.43. The van der Waals surface area contributed by atoms with Gasteiger partial charge in [-0.2, -0.15) is 0 Å². The van der Waals surface area contributed by atoms with Gasteiger partial charge in [-0.05, 0) is 43.0 Å². The number of halogens is 1. The van der Waals surface area contributed by atoms with Crippen LogP contribution < -0.4 is 5.32 Å². The molecule has 2 aliphatic rings. The molecule has 1 saturated carbocycles. The Kier molecular flexibility index (Phi) is 3.80. The van der Waals surface area contributed by atoms with E-state index in [1.165, 1.54) is 31.4 Å². The molecule has 1 aromatic rings. The van der Waals surface area contributed by atoms with Crippen molar-refractivity contribution in [2.24, 2.45) is 10.9 Å². The standard InChI is InChI=1S/C14H17ClN2S/c15-11-5-7-12(8-6-11)16-14-17-13-4-2-1-3-10(13)9-18-14/h5-8,10,13H,1-4,9H2,(H,16,17). The number of amidine groups is 1. The summed E-state index contributed by atoms with van der Waals surface area (Å²) in [5, 5.41) is 5.23. The maximum Gasteiger partial charge on any atom is 0.161 e. The van der Waals surface area contributed by atoms with Gasteiger partial charge in [0.15, 0.2) is 5.17 Å². The normalized spacial score (nSPS) is 27.3. The second-order valence-electron chi connectivity index (χ2n) is 4.99. The van der Waals surface area contributed by atoms with Gasteiger partial charge in [0, 0.05) is 16.5 Å². The van der Waals surface area contributed by atoms with Gasteiger partial charge in [0.2, 0.25) is 0 Å². The van der Waals surface area contributed by atoms with E-state index < -0.39 is 0 Å². The van der Waals surface area contributed by atoms with Crippen molar-refractivity contribution in [3.05, 3.63) is 29.3 Å². The monoisotopic (exact) mass is 280 g/mol. The molecule has 0 spiro atoms. The number of aliphatic imine (C=N–C) groups is 1. The molecule has 0 bridgehead atoms. The van der Waals surface area contributed by atoms with Crippen LogP contribution in [0.4, 0.5) is 5.69 Å². The van der Waals surface area contributed by atoms with Gasteiger partial charge in [-0.15, -0.1) is 0 Å². The van der Waals surface area contributed by atoms with E-state index in [4.69, 9.17) is 16.6 Å². The molecule has 18 heavy (non-hydrogen) atoms. The number of fused-ring (bicyclic) bond motifs is 1. The third-order valence-electron chi connectivity index (χ3n) is 3.68. The Balaban J connectivity index is 1.69. The molecular formula is C14H17ClN2S. The number of nitrogens with zero attached hydrogens (tertiary/aromatic N) is 1. The molecule has 0 saturated heterocycles. The highest BCUT2D eigenvalue weighted by atomic mass is 35.5. The fourth-order valence-electron chi connectivity index (χ4n) is 2.65. The smallest absolute Gasteiger partial charge is 0.161 e. The van der Waals surface area contributed by atoms with E-state index in [0.29, 0.717) is 6.04 Å². The predicted molar refractivity (Wildman–Crippen MR) is 80.7 cm³/mol. The summed E-state index contributed by atoms with van der Waals surface area (Å²) in [6, 6.07) is 8.36. The summed E-state index contributed by atoms with van der Waals surface area (Å²) in [5.74, 6) is 2.02. The molecule has 1 aliphatic carbocycles. The third kappa shape index (κ3) is 2.83. The first-order valence-electron chi connectivity index (χ1n) is 6.54. The van der Waals surface area contributed by atoms with Gasteiger partial charge in [-0.1, -0.05) is 36.2 Å². The van der Waals surface area contributed by atoms with Crippen molar-refractivity contribution in [3.63, 3.8) is 0 Å². The minimum absolute atomic E-state index is 0.551. The van der Waals surface area contributed by atoms with Crippen molar-refractivity contribution in [2.45, 2.75) is 31.7 Å². The lowest BCUT2D eigenvalue weighted by Gasteiger charge is -2.32. The van der Waals surface area contributed by atoms with Crippen LogP contribution in [-0.2, 0) is 0 Å². The Bertz CT molecular complexity index is 444. The first kappa shape index (κ1) is 12.4. The number of anilines is 1. The first-order chi connectivity index (χ1) is 8.81. The van der Waals surface area contributed by atoms with Crippen LogP contribution in [0.15, 0.2) is 29.3 Å². The van der Waals surface area contributed by atoms with E-state index in [9.17, 15) is 0 Å². The van der Waals surface area contributed by atoms with E-state index in [1.807, 2.05) is 36.0 Å². The van der Waals surface area contributed by atoms with E-state index >= 15 is 0 Å². The number of thioether (sulfide) groups is 1. The molecule has 1 fully saturated rings. The molecule has 2 nitrogen and oxygen atoms in total. The Hall–Kier alpha value is -0.670. The molecule has 1 N–H and O–H groups in total. The van der Waals surface area contributed by atoms with Crippen molar-refractivity contribution in [2.75, 3.05) is 11.1 Å². The van der Waals surface area contributed by atoms with E-state index in [0.717, 1.165) is 21.8 Å². The summed E-state index contributed by atoms with van der Waals surface area (Å²) in [7, 11) is 0. The summed E-state index contributed by atoms with van der Waals surface area (Å²) < 4.78 is 0. The zero-order valence-corrected chi connectivity index (χ0v) is 11.8. The molecule has 3 rings (SSSR count). The first-order valence-corrected chi connectivity index (χ1v) is 7.91. The molecule has 2 unspecified atom stereocenters. The van der Waals surface area contributed by atoms with Crippen LogP contribution in [0.5, 0.6) is 0 Å². The number of hydrogen-bond acceptors (Lipinski definition) is 3.